The topological polar surface area (TPSA) is 117 Å². The molecule has 1 atom stereocenters. The molecule has 3 rings (SSSR count). The van der Waals surface area contributed by atoms with Gasteiger partial charge in [-0.3, -0.25) is 14.8 Å². The Balaban J connectivity index is 1.78. The fraction of sp³-hybridized carbons (Fsp3) is 0.238. The van der Waals surface area contributed by atoms with Crippen LogP contribution in [0, 0.1) is 10.1 Å². The molecular weight excluding hydrogens is 426 g/mol. The fourth-order valence-corrected chi connectivity index (χ4v) is 2.98. The van der Waals surface area contributed by atoms with Gasteiger partial charge in [0, 0.05) is 16.7 Å². The number of carbonyl (C=O) groups excluding carboxylic acids is 1. The first-order valence-electron chi connectivity index (χ1n) is 9.44. The Morgan fingerprint density at radius 3 is 2.65 bits per heavy atom. The third-order valence-corrected chi connectivity index (χ3v) is 4.53. The van der Waals surface area contributed by atoms with E-state index in [0.717, 1.165) is 5.56 Å². The van der Waals surface area contributed by atoms with Crippen LogP contribution in [-0.2, 0) is 11.3 Å². The summed E-state index contributed by atoms with van der Waals surface area (Å²) >= 11 is 5.92. The lowest BCUT2D eigenvalue weighted by molar-refractivity contribution is -0.385. The zero-order valence-corrected chi connectivity index (χ0v) is 17.4. The predicted octanol–water partition coefficient (Wildman–Crippen LogP) is 3.73. The number of nitro groups is 1. The van der Waals surface area contributed by atoms with Crippen molar-refractivity contribution in [3.8, 4) is 17.0 Å². The van der Waals surface area contributed by atoms with Crippen LogP contribution >= 0.6 is 11.6 Å². The molecule has 1 N–H and O–H groups in total. The van der Waals surface area contributed by atoms with E-state index in [1.54, 1.807) is 43.3 Å². The maximum absolute atomic E-state index is 12.4. The smallest absolute Gasteiger partial charge is 0.356 e. The van der Waals surface area contributed by atoms with Crippen molar-refractivity contribution in [2.24, 2.45) is 0 Å². The molecule has 0 bridgehead atoms. The highest BCUT2D eigenvalue weighted by atomic mass is 35.5. The number of benzene rings is 2. The van der Waals surface area contributed by atoms with Gasteiger partial charge in [0.15, 0.2) is 5.75 Å². The summed E-state index contributed by atoms with van der Waals surface area (Å²) in [7, 11) is 0. The summed E-state index contributed by atoms with van der Waals surface area (Å²) in [5.74, 6) is -0.540. The summed E-state index contributed by atoms with van der Waals surface area (Å²) in [6.07, 6.45) is -1.09. The molecule has 3 aromatic rings. The van der Waals surface area contributed by atoms with Gasteiger partial charge < -0.3 is 14.6 Å². The van der Waals surface area contributed by atoms with Gasteiger partial charge in [-0.1, -0.05) is 35.9 Å². The first-order valence-corrected chi connectivity index (χ1v) is 9.82. The molecule has 0 aliphatic heterocycles. The summed E-state index contributed by atoms with van der Waals surface area (Å²) in [6.45, 7) is 1.56. The number of carbonyl (C=O) groups is 1. The number of hydrogen-bond acceptors (Lipinski definition) is 7. The van der Waals surface area contributed by atoms with Crippen molar-refractivity contribution in [1.82, 2.24) is 9.78 Å². The largest absolute Gasteiger partial charge is 0.484 e. The van der Waals surface area contributed by atoms with Gasteiger partial charge in [-0.15, -0.1) is 0 Å². The Bertz CT molecular complexity index is 1070. The van der Waals surface area contributed by atoms with E-state index < -0.39 is 17.0 Å². The molecule has 162 valence electrons. The molecule has 0 radical (unpaired) electrons. The molecule has 0 aliphatic rings. The molecular formula is C21H20ClN3O6. The van der Waals surface area contributed by atoms with Gasteiger partial charge in [0.2, 0.25) is 0 Å². The van der Waals surface area contributed by atoms with E-state index in [1.165, 1.54) is 22.9 Å². The van der Waals surface area contributed by atoms with Crippen LogP contribution < -0.4 is 4.74 Å². The minimum Gasteiger partial charge on any atom is -0.484 e. The zero-order valence-electron chi connectivity index (χ0n) is 16.6. The van der Waals surface area contributed by atoms with E-state index in [1.807, 2.05) is 0 Å². The first kappa shape index (κ1) is 22.3. The maximum Gasteiger partial charge on any atom is 0.356 e. The van der Waals surface area contributed by atoms with Crippen LogP contribution in [0.2, 0.25) is 5.02 Å². The van der Waals surface area contributed by atoms with Crippen LogP contribution in [-0.4, -0.2) is 45.1 Å². The molecule has 0 amide bonds. The van der Waals surface area contributed by atoms with Gasteiger partial charge in [-0.2, -0.15) is 5.10 Å². The Kier molecular flexibility index (Phi) is 7.22. The van der Waals surface area contributed by atoms with E-state index in [9.17, 15) is 20.0 Å². The number of aliphatic hydroxyl groups is 1. The van der Waals surface area contributed by atoms with Crippen molar-refractivity contribution in [2.75, 3.05) is 13.2 Å². The Labute approximate surface area is 182 Å². The number of halogens is 1. The van der Waals surface area contributed by atoms with Crippen LogP contribution in [0.15, 0.2) is 54.6 Å². The molecule has 0 saturated carbocycles. The monoisotopic (exact) mass is 445 g/mol. The molecule has 0 spiro atoms. The summed E-state index contributed by atoms with van der Waals surface area (Å²) in [5.41, 5.74) is 1.20. The Hall–Kier alpha value is -3.43. The molecule has 1 unspecified atom stereocenters. The van der Waals surface area contributed by atoms with E-state index in [0.29, 0.717) is 10.7 Å². The molecule has 2 aromatic carbocycles. The maximum atomic E-state index is 12.4. The third kappa shape index (κ3) is 5.59. The molecule has 1 heterocycles. The Morgan fingerprint density at radius 2 is 1.97 bits per heavy atom. The SMILES string of the molecule is CCOC(=O)c1cc(-c2ccc(Cl)cc2)nn1CC(O)COc1ccccc1[N+](=O)[O-]. The molecule has 1 aromatic heterocycles. The number of hydrogen-bond donors (Lipinski definition) is 1. The van der Waals surface area contributed by atoms with Crippen molar-refractivity contribution in [3.63, 3.8) is 0 Å². The number of esters is 1. The lowest BCUT2D eigenvalue weighted by Crippen LogP contribution is -2.26. The van der Waals surface area contributed by atoms with Crippen molar-refractivity contribution >= 4 is 23.3 Å². The minimum absolute atomic E-state index is 0.0412. The van der Waals surface area contributed by atoms with Gasteiger partial charge in [0.05, 0.1) is 23.8 Å². The fourth-order valence-electron chi connectivity index (χ4n) is 2.86. The number of ether oxygens (including phenoxy) is 2. The summed E-state index contributed by atoms with van der Waals surface area (Å²) in [6, 6.07) is 14.4. The molecule has 0 saturated heterocycles. The van der Waals surface area contributed by atoms with Gasteiger partial charge in [0.1, 0.15) is 18.4 Å². The molecule has 10 heteroatoms. The second-order valence-corrected chi connectivity index (χ2v) is 6.95. The van der Waals surface area contributed by atoms with E-state index in [2.05, 4.69) is 5.10 Å². The van der Waals surface area contributed by atoms with Crippen molar-refractivity contribution < 1.29 is 24.3 Å². The van der Waals surface area contributed by atoms with Crippen LogP contribution in [0.5, 0.6) is 5.75 Å². The summed E-state index contributed by atoms with van der Waals surface area (Å²) < 4.78 is 11.8. The minimum atomic E-state index is -1.09. The van der Waals surface area contributed by atoms with E-state index in [4.69, 9.17) is 21.1 Å². The highest BCUT2D eigenvalue weighted by Crippen LogP contribution is 2.26. The Morgan fingerprint density at radius 1 is 1.26 bits per heavy atom. The highest BCUT2D eigenvalue weighted by Gasteiger charge is 2.21. The van der Waals surface area contributed by atoms with Gasteiger partial charge in [-0.05, 0) is 31.2 Å². The lowest BCUT2D eigenvalue weighted by atomic mass is 10.1. The number of para-hydroxylation sites is 2. The van der Waals surface area contributed by atoms with Gasteiger partial charge >= 0.3 is 11.7 Å². The highest BCUT2D eigenvalue weighted by molar-refractivity contribution is 6.30. The van der Waals surface area contributed by atoms with Gasteiger partial charge in [0.25, 0.3) is 0 Å². The molecule has 0 fully saturated rings. The molecule has 0 aliphatic carbocycles. The quantitative estimate of drug-likeness (QED) is 0.303. The van der Waals surface area contributed by atoms with Crippen molar-refractivity contribution in [2.45, 2.75) is 19.6 Å². The summed E-state index contributed by atoms with van der Waals surface area (Å²) in [5, 5.41) is 26.5. The van der Waals surface area contributed by atoms with Gasteiger partial charge in [-0.25, -0.2) is 4.79 Å². The van der Waals surface area contributed by atoms with E-state index in [-0.39, 0.29) is 36.9 Å². The molecule has 9 nitrogen and oxygen atoms in total. The predicted molar refractivity (Wildman–Crippen MR) is 113 cm³/mol. The number of nitrogens with zero attached hydrogens (tertiary/aromatic N) is 3. The lowest BCUT2D eigenvalue weighted by Gasteiger charge is -2.14. The van der Waals surface area contributed by atoms with Crippen LogP contribution in [0.3, 0.4) is 0 Å². The van der Waals surface area contributed by atoms with E-state index >= 15 is 0 Å². The number of rotatable bonds is 9. The third-order valence-electron chi connectivity index (χ3n) is 4.28. The van der Waals surface area contributed by atoms with Crippen molar-refractivity contribution in [3.05, 3.63) is 75.4 Å². The number of aliphatic hydroxyl groups excluding tert-OH is 1. The number of nitro benzene ring substituents is 1. The first-order chi connectivity index (χ1) is 14.9. The van der Waals surface area contributed by atoms with Crippen molar-refractivity contribution in [1.29, 1.82) is 0 Å². The summed E-state index contributed by atoms with van der Waals surface area (Å²) in [4.78, 5) is 22.9. The standard InChI is InChI=1S/C21H20ClN3O6/c1-2-30-21(27)19-11-17(14-7-9-15(22)10-8-14)23-24(19)12-16(26)13-31-20-6-4-3-5-18(20)25(28)29/h3-11,16,26H,2,12-13H2,1H3. The average Bonchev–Trinajstić information content (AvgIpc) is 3.17. The zero-order chi connectivity index (χ0) is 22.4. The van der Waals surface area contributed by atoms with Crippen LogP contribution in [0.1, 0.15) is 17.4 Å². The van der Waals surface area contributed by atoms with Crippen LogP contribution in [0.4, 0.5) is 5.69 Å². The second-order valence-electron chi connectivity index (χ2n) is 6.51. The molecule has 31 heavy (non-hydrogen) atoms. The average molecular weight is 446 g/mol. The second kappa shape index (κ2) is 10.1. The van der Waals surface area contributed by atoms with Crippen LogP contribution in [0.25, 0.3) is 11.3 Å². The number of aromatic nitrogens is 2. The normalized spacial score (nSPS) is 11.7.